The molecule has 0 radical (unpaired) electrons. The van der Waals surface area contributed by atoms with Gasteiger partial charge in [-0.05, 0) is 42.7 Å². The summed E-state index contributed by atoms with van der Waals surface area (Å²) in [6.45, 7) is 3.72. The third-order valence-corrected chi connectivity index (χ3v) is 4.30. The molecule has 0 saturated carbocycles. The normalized spacial score (nSPS) is 12.4. The van der Waals surface area contributed by atoms with Crippen molar-refractivity contribution in [2.45, 2.75) is 32.5 Å². The molecule has 1 unspecified atom stereocenters. The van der Waals surface area contributed by atoms with Crippen LogP contribution in [-0.2, 0) is 22.2 Å². The second kappa shape index (κ2) is 8.43. The zero-order valence-corrected chi connectivity index (χ0v) is 15.4. The number of amides is 2. The summed E-state index contributed by atoms with van der Waals surface area (Å²) in [5, 5.41) is 4.17. The van der Waals surface area contributed by atoms with Crippen molar-refractivity contribution in [2.24, 2.45) is 0 Å². The Labute approximate surface area is 159 Å². The van der Waals surface area contributed by atoms with E-state index < -0.39 is 34.6 Å². The first-order chi connectivity index (χ1) is 12.6. The van der Waals surface area contributed by atoms with Crippen molar-refractivity contribution < 1.29 is 22.8 Å². The van der Waals surface area contributed by atoms with E-state index in [0.717, 1.165) is 23.6 Å². The van der Waals surface area contributed by atoms with Crippen LogP contribution in [0.2, 0.25) is 5.02 Å². The molecule has 0 spiro atoms. The highest BCUT2D eigenvalue weighted by molar-refractivity contribution is 6.39. The molecule has 0 aliphatic heterocycles. The predicted molar refractivity (Wildman–Crippen MR) is 97.5 cm³/mol. The fourth-order valence-electron chi connectivity index (χ4n) is 2.40. The van der Waals surface area contributed by atoms with Gasteiger partial charge in [-0.2, -0.15) is 13.2 Å². The topological polar surface area (TPSA) is 58.2 Å². The summed E-state index contributed by atoms with van der Waals surface area (Å²) in [5.74, 6) is -2.02. The van der Waals surface area contributed by atoms with Gasteiger partial charge in [-0.3, -0.25) is 9.59 Å². The third-order valence-electron chi connectivity index (χ3n) is 3.97. The highest BCUT2D eigenvalue weighted by atomic mass is 35.5. The number of nitrogens with one attached hydrogen (secondary N) is 2. The molecule has 8 heteroatoms. The highest BCUT2D eigenvalue weighted by Crippen LogP contribution is 2.36. The van der Waals surface area contributed by atoms with E-state index >= 15 is 0 Å². The second-order valence-corrected chi connectivity index (χ2v) is 6.34. The van der Waals surface area contributed by atoms with Crippen molar-refractivity contribution >= 4 is 29.1 Å². The molecule has 0 fully saturated rings. The first-order valence-corrected chi connectivity index (χ1v) is 8.57. The molecule has 2 amide bonds. The Hall–Kier alpha value is -2.54. The minimum Gasteiger partial charge on any atom is -0.341 e. The summed E-state index contributed by atoms with van der Waals surface area (Å²) in [5.41, 5.74) is 0.677. The van der Waals surface area contributed by atoms with Crippen molar-refractivity contribution in [3.05, 3.63) is 64.2 Å². The van der Waals surface area contributed by atoms with E-state index in [1.807, 2.05) is 31.2 Å². The van der Waals surface area contributed by atoms with Crippen LogP contribution < -0.4 is 10.6 Å². The maximum atomic E-state index is 12.9. The molecule has 0 heterocycles. The standard InChI is InChI=1S/C19H18ClF3N2O2/c1-3-12-4-6-13(7-5-12)11(2)24-17(26)18(27)25-14-8-9-16(20)15(10-14)19(21,22)23/h4-11H,3H2,1-2H3,(H,24,26)(H,25,27). The zero-order valence-electron chi connectivity index (χ0n) is 14.7. The van der Waals surface area contributed by atoms with E-state index in [1.165, 1.54) is 6.07 Å². The van der Waals surface area contributed by atoms with E-state index in [-0.39, 0.29) is 5.69 Å². The van der Waals surface area contributed by atoms with E-state index in [1.54, 1.807) is 6.92 Å². The maximum Gasteiger partial charge on any atom is 0.417 e. The summed E-state index contributed by atoms with van der Waals surface area (Å²) >= 11 is 5.53. The first-order valence-electron chi connectivity index (χ1n) is 8.19. The molecule has 2 rings (SSSR count). The van der Waals surface area contributed by atoms with Gasteiger partial charge in [-0.25, -0.2) is 0 Å². The number of hydrogen-bond donors (Lipinski definition) is 2. The number of carbonyl (C=O) groups excluding carboxylic acids is 2. The summed E-state index contributed by atoms with van der Waals surface area (Å²) in [4.78, 5) is 24.0. The molecular formula is C19H18ClF3N2O2. The van der Waals surface area contributed by atoms with Crippen molar-refractivity contribution in [2.75, 3.05) is 5.32 Å². The third kappa shape index (κ3) is 5.47. The molecule has 0 aliphatic rings. The quantitative estimate of drug-likeness (QED) is 0.731. The average Bonchev–Trinajstić information content (AvgIpc) is 2.62. The minimum absolute atomic E-state index is 0.174. The lowest BCUT2D eigenvalue weighted by Gasteiger charge is -2.15. The Balaban J connectivity index is 2.04. The minimum atomic E-state index is -4.67. The number of alkyl halides is 3. The number of carbonyl (C=O) groups is 2. The average molecular weight is 399 g/mol. The predicted octanol–water partition coefficient (Wildman–Crippen LogP) is 4.74. The van der Waals surface area contributed by atoms with Crippen LogP contribution in [0.4, 0.5) is 18.9 Å². The van der Waals surface area contributed by atoms with Crippen molar-refractivity contribution in [3.8, 4) is 0 Å². The number of hydrogen-bond acceptors (Lipinski definition) is 2. The lowest BCUT2D eigenvalue weighted by atomic mass is 10.0. The van der Waals surface area contributed by atoms with Gasteiger partial charge in [0.2, 0.25) is 0 Å². The molecule has 2 aromatic carbocycles. The van der Waals surface area contributed by atoms with E-state index in [4.69, 9.17) is 11.6 Å². The Kier molecular flexibility index (Phi) is 6.49. The number of rotatable bonds is 4. The van der Waals surface area contributed by atoms with Crippen LogP contribution in [0.25, 0.3) is 0 Å². The summed E-state index contributed by atoms with van der Waals surface area (Å²) in [7, 11) is 0. The smallest absolute Gasteiger partial charge is 0.341 e. The van der Waals surface area contributed by atoms with Crippen molar-refractivity contribution in [1.29, 1.82) is 0 Å². The first kappa shape index (κ1) is 20.8. The van der Waals surface area contributed by atoms with Gasteiger partial charge in [0.05, 0.1) is 16.6 Å². The number of benzene rings is 2. The molecule has 4 nitrogen and oxygen atoms in total. The lowest BCUT2D eigenvalue weighted by Crippen LogP contribution is -2.36. The Morgan fingerprint density at radius 2 is 1.70 bits per heavy atom. The summed E-state index contributed by atoms with van der Waals surface area (Å²) in [6, 6.07) is 9.97. The van der Waals surface area contributed by atoms with Crippen LogP contribution >= 0.6 is 11.6 Å². The van der Waals surface area contributed by atoms with E-state index in [2.05, 4.69) is 10.6 Å². The fraction of sp³-hybridized carbons (Fsp3) is 0.263. The Morgan fingerprint density at radius 1 is 1.07 bits per heavy atom. The van der Waals surface area contributed by atoms with Gasteiger partial charge in [-0.15, -0.1) is 0 Å². The molecule has 0 aromatic heterocycles. The van der Waals surface area contributed by atoms with Gasteiger partial charge in [0, 0.05) is 5.69 Å². The maximum absolute atomic E-state index is 12.9. The summed E-state index contributed by atoms with van der Waals surface area (Å²) < 4.78 is 38.6. The van der Waals surface area contributed by atoms with Crippen molar-refractivity contribution in [3.63, 3.8) is 0 Å². The van der Waals surface area contributed by atoms with Gasteiger partial charge in [-0.1, -0.05) is 42.8 Å². The molecule has 0 aliphatic carbocycles. The van der Waals surface area contributed by atoms with Gasteiger partial charge in [0.25, 0.3) is 0 Å². The SMILES string of the molecule is CCc1ccc(C(C)NC(=O)C(=O)Nc2ccc(Cl)c(C(F)(F)F)c2)cc1. The molecule has 27 heavy (non-hydrogen) atoms. The molecule has 1 atom stereocenters. The summed E-state index contributed by atoms with van der Waals surface area (Å²) in [6.07, 6.45) is -3.79. The molecule has 144 valence electrons. The Bertz CT molecular complexity index is 836. The number of anilines is 1. The molecule has 0 bridgehead atoms. The van der Waals surface area contributed by atoms with Crippen LogP contribution in [0.3, 0.4) is 0 Å². The molecular weight excluding hydrogens is 381 g/mol. The lowest BCUT2D eigenvalue weighted by molar-refractivity contribution is -0.137. The van der Waals surface area contributed by atoms with Crippen LogP contribution in [0, 0.1) is 0 Å². The zero-order chi connectivity index (χ0) is 20.2. The van der Waals surface area contributed by atoms with Gasteiger partial charge >= 0.3 is 18.0 Å². The monoisotopic (exact) mass is 398 g/mol. The molecule has 0 saturated heterocycles. The van der Waals surface area contributed by atoms with Crippen molar-refractivity contribution in [1.82, 2.24) is 5.32 Å². The van der Waals surface area contributed by atoms with Crippen LogP contribution in [-0.4, -0.2) is 11.8 Å². The van der Waals surface area contributed by atoms with Crippen LogP contribution in [0.15, 0.2) is 42.5 Å². The van der Waals surface area contributed by atoms with Gasteiger partial charge in [0.15, 0.2) is 0 Å². The van der Waals surface area contributed by atoms with Crippen LogP contribution in [0.5, 0.6) is 0 Å². The van der Waals surface area contributed by atoms with Crippen LogP contribution in [0.1, 0.15) is 36.6 Å². The number of halogens is 4. The second-order valence-electron chi connectivity index (χ2n) is 5.94. The van der Waals surface area contributed by atoms with E-state index in [9.17, 15) is 22.8 Å². The fourth-order valence-corrected chi connectivity index (χ4v) is 2.62. The van der Waals surface area contributed by atoms with E-state index in [0.29, 0.717) is 6.07 Å². The van der Waals surface area contributed by atoms with Gasteiger partial charge < -0.3 is 10.6 Å². The highest BCUT2D eigenvalue weighted by Gasteiger charge is 2.33. The van der Waals surface area contributed by atoms with Gasteiger partial charge in [0.1, 0.15) is 0 Å². The number of aryl methyl sites for hydroxylation is 1. The molecule has 2 N–H and O–H groups in total. The molecule has 2 aromatic rings. The Morgan fingerprint density at radius 3 is 2.26 bits per heavy atom. The largest absolute Gasteiger partial charge is 0.417 e.